The second-order valence-electron chi connectivity index (χ2n) is 4.62. The van der Waals surface area contributed by atoms with Gasteiger partial charge >= 0.3 is 0 Å². The van der Waals surface area contributed by atoms with Crippen LogP contribution in [0, 0.1) is 6.92 Å². The van der Waals surface area contributed by atoms with Gasteiger partial charge in [0.05, 0.1) is 6.61 Å². The number of fused-ring (bicyclic) bond motifs is 1. The van der Waals surface area contributed by atoms with Crippen molar-refractivity contribution in [3.05, 3.63) is 23.3 Å². The Hall–Kier alpha value is -1.18. The minimum atomic E-state index is 0.108. The van der Waals surface area contributed by atoms with Gasteiger partial charge in [0.1, 0.15) is 11.5 Å². The Labute approximate surface area is 84.5 Å². The summed E-state index contributed by atoms with van der Waals surface area (Å²) in [5, 5.41) is 9.55. The van der Waals surface area contributed by atoms with Crippen LogP contribution in [-0.2, 0) is 5.41 Å². The lowest BCUT2D eigenvalue weighted by atomic mass is 9.79. The molecule has 1 aliphatic rings. The quantitative estimate of drug-likeness (QED) is 0.685. The third kappa shape index (κ3) is 1.35. The first-order chi connectivity index (χ1) is 6.50. The van der Waals surface area contributed by atoms with Crippen LogP contribution < -0.4 is 4.74 Å². The van der Waals surface area contributed by atoms with Gasteiger partial charge in [-0.2, -0.15) is 0 Å². The molecule has 0 spiro atoms. The molecule has 0 atom stereocenters. The van der Waals surface area contributed by atoms with Crippen LogP contribution in [0.15, 0.2) is 12.1 Å². The Morgan fingerprint density at radius 1 is 1.36 bits per heavy atom. The molecule has 0 fully saturated rings. The molecule has 0 saturated heterocycles. The second kappa shape index (κ2) is 2.91. The average Bonchev–Trinajstić information content (AvgIpc) is 2.06. The highest BCUT2D eigenvalue weighted by molar-refractivity contribution is 5.50. The lowest BCUT2D eigenvalue weighted by molar-refractivity contribution is 0.231. The van der Waals surface area contributed by atoms with Gasteiger partial charge in [-0.25, -0.2) is 0 Å². The van der Waals surface area contributed by atoms with Gasteiger partial charge in [-0.05, 0) is 36.5 Å². The van der Waals surface area contributed by atoms with Gasteiger partial charge in [-0.3, -0.25) is 0 Å². The van der Waals surface area contributed by atoms with Crippen molar-refractivity contribution in [3.63, 3.8) is 0 Å². The summed E-state index contributed by atoms with van der Waals surface area (Å²) < 4.78 is 5.63. The minimum absolute atomic E-state index is 0.108. The SMILES string of the molecule is Cc1cc(O)cc2c1OCCC2(C)C. The van der Waals surface area contributed by atoms with Gasteiger partial charge in [0.25, 0.3) is 0 Å². The number of phenolic OH excluding ortho intramolecular Hbond substituents is 1. The highest BCUT2D eigenvalue weighted by atomic mass is 16.5. The molecule has 1 aromatic rings. The molecule has 0 aliphatic carbocycles. The van der Waals surface area contributed by atoms with Crippen LogP contribution in [-0.4, -0.2) is 11.7 Å². The molecule has 0 saturated carbocycles. The fourth-order valence-corrected chi connectivity index (χ4v) is 1.99. The highest BCUT2D eigenvalue weighted by Crippen LogP contribution is 2.41. The Bertz CT molecular complexity index is 367. The summed E-state index contributed by atoms with van der Waals surface area (Å²) in [7, 11) is 0. The minimum Gasteiger partial charge on any atom is -0.508 e. The fourth-order valence-electron chi connectivity index (χ4n) is 1.99. The number of benzene rings is 1. The van der Waals surface area contributed by atoms with Crippen LogP contribution in [0.5, 0.6) is 11.5 Å². The van der Waals surface area contributed by atoms with Crippen molar-refractivity contribution in [2.75, 3.05) is 6.61 Å². The Kier molecular flexibility index (Phi) is 1.95. The van der Waals surface area contributed by atoms with E-state index in [1.807, 2.05) is 13.0 Å². The monoisotopic (exact) mass is 192 g/mol. The molecule has 14 heavy (non-hydrogen) atoms. The van der Waals surface area contributed by atoms with Crippen LogP contribution in [0.3, 0.4) is 0 Å². The van der Waals surface area contributed by atoms with Gasteiger partial charge in [-0.1, -0.05) is 13.8 Å². The molecule has 0 bridgehead atoms. The van der Waals surface area contributed by atoms with E-state index < -0.39 is 0 Å². The predicted molar refractivity (Wildman–Crippen MR) is 56.0 cm³/mol. The first-order valence-electron chi connectivity index (χ1n) is 4.97. The van der Waals surface area contributed by atoms with E-state index in [4.69, 9.17) is 4.74 Å². The first kappa shape index (κ1) is 9.38. The summed E-state index contributed by atoms with van der Waals surface area (Å²) >= 11 is 0. The van der Waals surface area contributed by atoms with E-state index >= 15 is 0 Å². The topological polar surface area (TPSA) is 29.5 Å². The molecular formula is C12H16O2. The highest BCUT2D eigenvalue weighted by Gasteiger charge is 2.30. The maximum atomic E-state index is 9.55. The van der Waals surface area contributed by atoms with Gasteiger partial charge in [0, 0.05) is 5.56 Å². The molecule has 76 valence electrons. The molecule has 0 unspecified atom stereocenters. The van der Waals surface area contributed by atoms with Crippen molar-refractivity contribution < 1.29 is 9.84 Å². The molecule has 1 N–H and O–H groups in total. The molecule has 1 aromatic carbocycles. The average molecular weight is 192 g/mol. The first-order valence-corrected chi connectivity index (χ1v) is 4.97. The Morgan fingerprint density at radius 3 is 2.79 bits per heavy atom. The Balaban J connectivity index is 2.63. The number of aromatic hydroxyl groups is 1. The van der Waals surface area contributed by atoms with Crippen molar-refractivity contribution in [2.24, 2.45) is 0 Å². The normalized spacial score (nSPS) is 18.5. The van der Waals surface area contributed by atoms with Crippen molar-refractivity contribution in [3.8, 4) is 11.5 Å². The van der Waals surface area contributed by atoms with Crippen LogP contribution in [0.25, 0.3) is 0 Å². The summed E-state index contributed by atoms with van der Waals surface area (Å²) in [6, 6.07) is 3.57. The van der Waals surface area contributed by atoms with Gasteiger partial charge < -0.3 is 9.84 Å². The van der Waals surface area contributed by atoms with Crippen molar-refractivity contribution in [2.45, 2.75) is 32.6 Å². The summed E-state index contributed by atoms with van der Waals surface area (Å²) in [6.45, 7) is 7.12. The predicted octanol–water partition coefficient (Wildman–Crippen LogP) is 2.76. The van der Waals surface area contributed by atoms with E-state index in [0.29, 0.717) is 5.75 Å². The molecule has 0 aromatic heterocycles. The summed E-state index contributed by atoms with van der Waals surface area (Å²) in [4.78, 5) is 0. The second-order valence-corrected chi connectivity index (χ2v) is 4.62. The zero-order valence-corrected chi connectivity index (χ0v) is 8.92. The van der Waals surface area contributed by atoms with Crippen LogP contribution in [0.4, 0.5) is 0 Å². The van der Waals surface area contributed by atoms with Crippen molar-refractivity contribution in [1.29, 1.82) is 0 Å². The van der Waals surface area contributed by atoms with E-state index in [0.717, 1.165) is 29.9 Å². The summed E-state index contributed by atoms with van der Waals surface area (Å²) in [5.74, 6) is 1.29. The number of ether oxygens (including phenoxy) is 1. The third-order valence-electron chi connectivity index (χ3n) is 2.96. The van der Waals surface area contributed by atoms with Crippen LogP contribution in [0.1, 0.15) is 31.4 Å². The number of phenols is 1. The van der Waals surface area contributed by atoms with E-state index in [9.17, 15) is 5.11 Å². The Morgan fingerprint density at radius 2 is 2.07 bits per heavy atom. The van der Waals surface area contributed by atoms with Gasteiger partial charge in [0.2, 0.25) is 0 Å². The van der Waals surface area contributed by atoms with Gasteiger partial charge in [-0.15, -0.1) is 0 Å². The smallest absolute Gasteiger partial charge is 0.126 e. The molecule has 2 nitrogen and oxygen atoms in total. The number of rotatable bonds is 0. The summed E-state index contributed by atoms with van der Waals surface area (Å²) in [5.41, 5.74) is 2.26. The number of hydrogen-bond acceptors (Lipinski definition) is 2. The maximum Gasteiger partial charge on any atom is 0.126 e. The number of aryl methyl sites for hydroxylation is 1. The zero-order chi connectivity index (χ0) is 10.3. The molecule has 1 heterocycles. The van der Waals surface area contributed by atoms with Crippen molar-refractivity contribution in [1.82, 2.24) is 0 Å². The molecule has 0 amide bonds. The van der Waals surface area contributed by atoms with E-state index in [1.165, 1.54) is 0 Å². The lowest BCUT2D eigenvalue weighted by Gasteiger charge is -2.33. The molecular weight excluding hydrogens is 176 g/mol. The number of hydrogen-bond donors (Lipinski definition) is 1. The summed E-state index contributed by atoms with van der Waals surface area (Å²) in [6.07, 6.45) is 1.00. The largest absolute Gasteiger partial charge is 0.508 e. The van der Waals surface area contributed by atoms with E-state index in [1.54, 1.807) is 6.07 Å². The maximum absolute atomic E-state index is 9.55. The van der Waals surface area contributed by atoms with E-state index in [2.05, 4.69) is 13.8 Å². The lowest BCUT2D eigenvalue weighted by Crippen LogP contribution is -2.26. The standard InChI is InChI=1S/C12H16O2/c1-8-6-9(13)7-10-11(8)14-5-4-12(10,2)3/h6-7,13H,4-5H2,1-3H3. The zero-order valence-electron chi connectivity index (χ0n) is 8.92. The van der Waals surface area contributed by atoms with Crippen LogP contribution in [0.2, 0.25) is 0 Å². The van der Waals surface area contributed by atoms with Crippen molar-refractivity contribution >= 4 is 0 Å². The van der Waals surface area contributed by atoms with Gasteiger partial charge in [0.15, 0.2) is 0 Å². The molecule has 2 rings (SSSR count). The van der Waals surface area contributed by atoms with Crippen LogP contribution >= 0.6 is 0 Å². The molecule has 1 aliphatic heterocycles. The van der Waals surface area contributed by atoms with E-state index in [-0.39, 0.29) is 5.41 Å². The third-order valence-corrected chi connectivity index (χ3v) is 2.96. The molecule has 0 radical (unpaired) electrons. The fraction of sp³-hybridized carbons (Fsp3) is 0.500. The molecule has 2 heteroatoms.